The smallest absolute Gasteiger partial charge is 0.255 e. The molecule has 0 aliphatic rings. The average Bonchev–Trinajstić information content (AvgIpc) is 3.20. The van der Waals surface area contributed by atoms with Crippen molar-refractivity contribution in [2.24, 2.45) is 0 Å². The molecule has 0 aliphatic carbocycles. The summed E-state index contributed by atoms with van der Waals surface area (Å²) in [5.74, 6) is 1.01. The monoisotopic (exact) mass is 400 g/mol. The maximum absolute atomic E-state index is 12.7. The van der Waals surface area contributed by atoms with Gasteiger partial charge in [-0.15, -0.1) is 0 Å². The molecule has 2 N–H and O–H groups in total. The molecular weight excluding hydrogens is 376 g/mol. The van der Waals surface area contributed by atoms with Crippen molar-refractivity contribution in [3.05, 3.63) is 78.4 Å². The van der Waals surface area contributed by atoms with E-state index >= 15 is 0 Å². The van der Waals surface area contributed by atoms with E-state index in [2.05, 4.69) is 28.5 Å². The highest BCUT2D eigenvalue weighted by atomic mass is 16.5. The Morgan fingerprint density at radius 2 is 1.60 bits per heavy atom. The molecule has 0 atom stereocenters. The predicted octanol–water partition coefficient (Wildman–Crippen LogP) is 5.88. The first-order chi connectivity index (χ1) is 14.7. The van der Waals surface area contributed by atoms with Gasteiger partial charge in [-0.1, -0.05) is 30.3 Å². The minimum atomic E-state index is -0.197. The van der Waals surface area contributed by atoms with Crippen LogP contribution in [-0.4, -0.2) is 24.1 Å². The maximum atomic E-state index is 12.7. The zero-order valence-electron chi connectivity index (χ0n) is 17.1. The van der Waals surface area contributed by atoms with Gasteiger partial charge in [0.2, 0.25) is 0 Å². The largest absolute Gasteiger partial charge is 0.490 e. The van der Waals surface area contributed by atoms with Gasteiger partial charge >= 0.3 is 0 Å². The Kier molecular flexibility index (Phi) is 5.70. The lowest BCUT2D eigenvalue weighted by Crippen LogP contribution is -2.12. The summed E-state index contributed by atoms with van der Waals surface area (Å²) < 4.78 is 11.2. The van der Waals surface area contributed by atoms with Crippen molar-refractivity contribution in [1.29, 1.82) is 0 Å². The van der Waals surface area contributed by atoms with Gasteiger partial charge < -0.3 is 19.8 Å². The topological polar surface area (TPSA) is 63.3 Å². The van der Waals surface area contributed by atoms with Gasteiger partial charge in [0.1, 0.15) is 0 Å². The van der Waals surface area contributed by atoms with E-state index in [-0.39, 0.29) is 5.91 Å². The van der Waals surface area contributed by atoms with E-state index in [9.17, 15) is 4.79 Å². The quantitative estimate of drug-likeness (QED) is 0.407. The fourth-order valence-electron chi connectivity index (χ4n) is 3.36. The van der Waals surface area contributed by atoms with Gasteiger partial charge in [0.15, 0.2) is 11.5 Å². The molecule has 0 saturated heterocycles. The van der Waals surface area contributed by atoms with Gasteiger partial charge in [-0.05, 0) is 61.9 Å². The van der Waals surface area contributed by atoms with Gasteiger partial charge in [-0.3, -0.25) is 4.79 Å². The Labute approximate surface area is 175 Å². The van der Waals surface area contributed by atoms with Gasteiger partial charge in [0.05, 0.1) is 13.2 Å². The molecule has 0 aliphatic heterocycles. The van der Waals surface area contributed by atoms with Crippen LogP contribution in [0.5, 0.6) is 11.5 Å². The molecule has 3 aromatic carbocycles. The second-order valence-corrected chi connectivity index (χ2v) is 6.83. The van der Waals surface area contributed by atoms with Crippen LogP contribution < -0.4 is 14.8 Å². The molecule has 1 heterocycles. The molecule has 0 radical (unpaired) electrons. The molecule has 0 saturated carbocycles. The van der Waals surface area contributed by atoms with Crippen LogP contribution >= 0.6 is 0 Å². The van der Waals surface area contributed by atoms with Crippen LogP contribution in [0.15, 0.2) is 72.8 Å². The minimum Gasteiger partial charge on any atom is -0.490 e. The number of fused-ring (bicyclic) bond motifs is 1. The Bertz CT molecular complexity index is 1130. The molecular formula is C25H24N2O3. The highest BCUT2D eigenvalue weighted by Crippen LogP contribution is 2.29. The summed E-state index contributed by atoms with van der Waals surface area (Å²) in [6.45, 7) is 4.85. The number of nitrogens with one attached hydrogen (secondary N) is 2. The summed E-state index contributed by atoms with van der Waals surface area (Å²) in [7, 11) is 0. The predicted molar refractivity (Wildman–Crippen MR) is 120 cm³/mol. The van der Waals surface area contributed by atoms with Crippen LogP contribution in [0.3, 0.4) is 0 Å². The zero-order chi connectivity index (χ0) is 20.9. The Hall–Kier alpha value is -3.73. The SMILES string of the molecule is CCOc1ccc(C(=O)Nc2ccc(-c3cc4ccccc4[nH]3)cc2)cc1OCC. The molecule has 1 amide bonds. The first-order valence-corrected chi connectivity index (χ1v) is 10.1. The first-order valence-electron chi connectivity index (χ1n) is 10.1. The van der Waals surface area contributed by atoms with Crippen LogP contribution in [0.25, 0.3) is 22.2 Å². The van der Waals surface area contributed by atoms with Crippen LogP contribution in [0.4, 0.5) is 5.69 Å². The molecule has 0 fully saturated rings. The summed E-state index contributed by atoms with van der Waals surface area (Å²) in [5, 5.41) is 4.11. The zero-order valence-corrected chi connectivity index (χ0v) is 17.1. The lowest BCUT2D eigenvalue weighted by molar-refractivity contribution is 0.102. The Morgan fingerprint density at radius 1 is 0.867 bits per heavy atom. The third-order valence-electron chi connectivity index (χ3n) is 4.79. The molecule has 152 valence electrons. The Balaban J connectivity index is 1.50. The van der Waals surface area contributed by atoms with Crippen molar-refractivity contribution >= 4 is 22.5 Å². The van der Waals surface area contributed by atoms with E-state index in [1.807, 2.05) is 50.2 Å². The Morgan fingerprint density at radius 3 is 2.33 bits per heavy atom. The number of carbonyl (C=O) groups excluding carboxylic acids is 1. The lowest BCUT2D eigenvalue weighted by Gasteiger charge is -2.12. The number of benzene rings is 3. The van der Waals surface area contributed by atoms with Crippen LogP contribution in [-0.2, 0) is 0 Å². The van der Waals surface area contributed by atoms with Crippen molar-refractivity contribution in [3.63, 3.8) is 0 Å². The number of hydrogen-bond donors (Lipinski definition) is 2. The number of para-hydroxylation sites is 1. The average molecular weight is 400 g/mol. The molecule has 0 spiro atoms. The number of amides is 1. The number of aromatic amines is 1. The van der Waals surface area contributed by atoms with E-state index in [4.69, 9.17) is 9.47 Å². The normalized spacial score (nSPS) is 10.7. The van der Waals surface area contributed by atoms with Gasteiger partial charge in [-0.25, -0.2) is 0 Å². The number of aromatic nitrogens is 1. The maximum Gasteiger partial charge on any atom is 0.255 e. The molecule has 4 rings (SSSR count). The standard InChI is InChI=1S/C25H24N2O3/c1-3-29-23-14-11-19(16-24(23)30-4-2)25(28)26-20-12-9-17(10-13-20)22-15-18-7-5-6-8-21(18)27-22/h5-16,27H,3-4H2,1-2H3,(H,26,28). The summed E-state index contributed by atoms with van der Waals surface area (Å²) >= 11 is 0. The molecule has 1 aromatic heterocycles. The van der Waals surface area contributed by atoms with Gasteiger partial charge in [-0.2, -0.15) is 0 Å². The molecule has 30 heavy (non-hydrogen) atoms. The lowest BCUT2D eigenvalue weighted by atomic mass is 10.1. The highest BCUT2D eigenvalue weighted by molar-refractivity contribution is 6.04. The van der Waals surface area contributed by atoms with E-state index in [1.165, 1.54) is 5.39 Å². The molecule has 4 aromatic rings. The minimum absolute atomic E-state index is 0.197. The third kappa shape index (κ3) is 4.15. The van der Waals surface area contributed by atoms with Crippen LogP contribution in [0.1, 0.15) is 24.2 Å². The van der Waals surface area contributed by atoms with E-state index in [0.717, 1.165) is 22.5 Å². The number of rotatable bonds is 7. The number of carbonyl (C=O) groups is 1. The molecule has 0 unspecified atom stereocenters. The number of H-pyrrole nitrogens is 1. The number of hydrogen-bond acceptors (Lipinski definition) is 3. The molecule has 5 nitrogen and oxygen atoms in total. The summed E-state index contributed by atoms with van der Waals surface area (Å²) in [5.41, 5.74) is 4.45. The van der Waals surface area contributed by atoms with E-state index in [1.54, 1.807) is 18.2 Å². The second-order valence-electron chi connectivity index (χ2n) is 6.83. The van der Waals surface area contributed by atoms with Crippen molar-refractivity contribution in [2.45, 2.75) is 13.8 Å². The van der Waals surface area contributed by atoms with Gasteiger partial charge in [0, 0.05) is 27.8 Å². The summed E-state index contributed by atoms with van der Waals surface area (Å²) in [6.07, 6.45) is 0. The summed E-state index contributed by atoms with van der Waals surface area (Å²) in [4.78, 5) is 16.1. The van der Waals surface area contributed by atoms with Crippen molar-refractivity contribution in [3.8, 4) is 22.8 Å². The van der Waals surface area contributed by atoms with E-state index < -0.39 is 0 Å². The highest BCUT2D eigenvalue weighted by Gasteiger charge is 2.12. The van der Waals surface area contributed by atoms with Crippen LogP contribution in [0.2, 0.25) is 0 Å². The first kappa shape index (κ1) is 19.6. The summed E-state index contributed by atoms with van der Waals surface area (Å²) in [6, 6.07) is 23.3. The van der Waals surface area contributed by atoms with E-state index in [0.29, 0.717) is 30.3 Å². The van der Waals surface area contributed by atoms with Crippen LogP contribution in [0, 0.1) is 0 Å². The molecule has 0 bridgehead atoms. The fraction of sp³-hybridized carbons (Fsp3) is 0.160. The fourth-order valence-corrected chi connectivity index (χ4v) is 3.36. The molecule has 5 heteroatoms. The van der Waals surface area contributed by atoms with Crippen molar-refractivity contribution in [1.82, 2.24) is 4.98 Å². The number of ether oxygens (including phenoxy) is 2. The second kappa shape index (κ2) is 8.74. The third-order valence-corrected chi connectivity index (χ3v) is 4.79. The van der Waals surface area contributed by atoms with Gasteiger partial charge in [0.25, 0.3) is 5.91 Å². The van der Waals surface area contributed by atoms with Crippen molar-refractivity contribution in [2.75, 3.05) is 18.5 Å². The van der Waals surface area contributed by atoms with Crippen molar-refractivity contribution < 1.29 is 14.3 Å². The number of anilines is 1.